The molecule has 4 nitrogen and oxygen atoms in total. The summed E-state index contributed by atoms with van der Waals surface area (Å²) in [5.41, 5.74) is 1.99. The quantitative estimate of drug-likeness (QED) is 0.833. The fourth-order valence-electron chi connectivity index (χ4n) is 1.98. The van der Waals surface area contributed by atoms with Crippen molar-refractivity contribution in [1.82, 2.24) is 5.32 Å². The Morgan fingerprint density at radius 2 is 2.35 bits per heavy atom. The first kappa shape index (κ1) is 12.4. The molecule has 0 fully saturated rings. The first-order valence-electron chi connectivity index (χ1n) is 5.69. The molecule has 17 heavy (non-hydrogen) atoms. The molecular weight excluding hydrogens is 282 g/mol. The van der Waals surface area contributed by atoms with Crippen LogP contribution in [-0.4, -0.2) is 32.6 Å². The van der Waals surface area contributed by atoms with E-state index in [2.05, 4.69) is 31.5 Å². The fraction of sp³-hybridized carbons (Fsp3) is 0.417. The van der Waals surface area contributed by atoms with Crippen molar-refractivity contribution >= 4 is 33.2 Å². The minimum atomic E-state index is 0.0556. The van der Waals surface area contributed by atoms with Crippen LogP contribution in [0.4, 0.5) is 11.4 Å². The third-order valence-electron chi connectivity index (χ3n) is 2.76. The van der Waals surface area contributed by atoms with Crippen LogP contribution in [0.15, 0.2) is 22.7 Å². The molecule has 0 saturated heterocycles. The molecule has 5 heteroatoms. The van der Waals surface area contributed by atoms with Crippen LogP contribution < -0.4 is 15.5 Å². The van der Waals surface area contributed by atoms with E-state index in [9.17, 15) is 4.79 Å². The molecule has 0 atom stereocenters. The van der Waals surface area contributed by atoms with E-state index < -0.39 is 0 Å². The van der Waals surface area contributed by atoms with Gasteiger partial charge in [-0.3, -0.25) is 4.79 Å². The van der Waals surface area contributed by atoms with Gasteiger partial charge in [-0.25, -0.2) is 0 Å². The van der Waals surface area contributed by atoms with Crippen molar-refractivity contribution in [3.05, 3.63) is 22.7 Å². The molecule has 2 rings (SSSR count). The number of carbonyl (C=O) groups excluding carboxylic acids is 1. The Kier molecular flexibility index (Phi) is 4.02. The van der Waals surface area contributed by atoms with Gasteiger partial charge in [-0.1, -0.05) is 15.9 Å². The third kappa shape index (κ3) is 2.98. The van der Waals surface area contributed by atoms with E-state index in [1.165, 1.54) is 0 Å². The summed E-state index contributed by atoms with van der Waals surface area (Å²) in [5, 5.41) is 6.01. The second-order valence-corrected chi connectivity index (χ2v) is 5.00. The van der Waals surface area contributed by atoms with Crippen molar-refractivity contribution in [3.63, 3.8) is 0 Å². The van der Waals surface area contributed by atoms with Crippen molar-refractivity contribution in [2.45, 2.75) is 6.42 Å². The minimum absolute atomic E-state index is 0.0556. The Balaban J connectivity index is 2.16. The zero-order chi connectivity index (χ0) is 12.3. The van der Waals surface area contributed by atoms with Gasteiger partial charge >= 0.3 is 0 Å². The molecule has 0 aromatic heterocycles. The molecule has 1 heterocycles. The molecule has 1 aliphatic rings. The smallest absolute Gasteiger partial charge is 0.243 e. The third-order valence-corrected chi connectivity index (χ3v) is 3.26. The largest absolute Gasteiger partial charge is 0.360 e. The molecule has 0 bridgehead atoms. The monoisotopic (exact) mass is 297 g/mol. The van der Waals surface area contributed by atoms with Gasteiger partial charge in [-0.15, -0.1) is 0 Å². The highest BCUT2D eigenvalue weighted by atomic mass is 79.9. The normalized spacial score (nSPS) is 14.5. The second-order valence-electron chi connectivity index (χ2n) is 4.09. The topological polar surface area (TPSA) is 44.4 Å². The number of nitrogens with zero attached hydrogens (tertiary/aromatic N) is 1. The van der Waals surface area contributed by atoms with Crippen LogP contribution in [0.2, 0.25) is 0 Å². The summed E-state index contributed by atoms with van der Waals surface area (Å²) in [7, 11) is 1.94. The zero-order valence-corrected chi connectivity index (χ0v) is 11.4. The fourth-order valence-corrected chi connectivity index (χ4v) is 2.34. The number of amides is 1. The molecule has 1 aromatic carbocycles. The molecule has 1 aliphatic heterocycles. The number of hydrogen-bond donors (Lipinski definition) is 2. The van der Waals surface area contributed by atoms with E-state index in [1.807, 2.05) is 25.2 Å². The molecule has 1 aromatic rings. The average Bonchev–Trinajstić information content (AvgIpc) is 2.28. The van der Waals surface area contributed by atoms with Crippen LogP contribution in [0.5, 0.6) is 0 Å². The maximum absolute atomic E-state index is 11.6. The summed E-state index contributed by atoms with van der Waals surface area (Å²) in [4.78, 5) is 13.7. The molecule has 0 aliphatic carbocycles. The highest BCUT2D eigenvalue weighted by molar-refractivity contribution is 9.10. The predicted octanol–water partition coefficient (Wildman–Crippen LogP) is 1.82. The number of fused-ring (bicyclic) bond motifs is 1. The Bertz CT molecular complexity index is 422. The van der Waals surface area contributed by atoms with E-state index in [1.54, 1.807) is 0 Å². The summed E-state index contributed by atoms with van der Waals surface area (Å²) in [6.45, 7) is 2.30. The van der Waals surface area contributed by atoms with E-state index in [4.69, 9.17) is 0 Å². The maximum atomic E-state index is 11.6. The summed E-state index contributed by atoms with van der Waals surface area (Å²) in [5.74, 6) is 0.0556. The van der Waals surface area contributed by atoms with Crippen molar-refractivity contribution in [3.8, 4) is 0 Å². The number of rotatable bonds is 4. The maximum Gasteiger partial charge on any atom is 0.243 e. The number of nitrogens with one attached hydrogen (secondary N) is 2. The Morgan fingerprint density at radius 3 is 3.12 bits per heavy atom. The van der Waals surface area contributed by atoms with E-state index in [0.717, 1.165) is 35.4 Å². The van der Waals surface area contributed by atoms with Crippen molar-refractivity contribution < 1.29 is 4.79 Å². The lowest BCUT2D eigenvalue weighted by molar-refractivity contribution is -0.115. The van der Waals surface area contributed by atoms with Crippen LogP contribution in [0.3, 0.4) is 0 Å². The van der Waals surface area contributed by atoms with E-state index >= 15 is 0 Å². The summed E-state index contributed by atoms with van der Waals surface area (Å²) < 4.78 is 0.980. The molecule has 0 radical (unpaired) electrons. The van der Waals surface area contributed by atoms with Gasteiger partial charge in [0.1, 0.15) is 0 Å². The van der Waals surface area contributed by atoms with Crippen molar-refractivity contribution in [2.24, 2.45) is 0 Å². The molecule has 2 N–H and O–H groups in total. The summed E-state index contributed by atoms with van der Waals surface area (Å²) in [6, 6.07) is 5.98. The Hall–Kier alpha value is -1.07. The molecule has 0 unspecified atom stereocenters. The van der Waals surface area contributed by atoms with E-state index in [0.29, 0.717) is 6.54 Å². The number of halogens is 1. The minimum Gasteiger partial charge on any atom is -0.360 e. The van der Waals surface area contributed by atoms with Gasteiger partial charge < -0.3 is 15.5 Å². The van der Waals surface area contributed by atoms with Crippen LogP contribution in [0, 0.1) is 0 Å². The lowest BCUT2D eigenvalue weighted by atomic mass is 10.2. The van der Waals surface area contributed by atoms with Crippen molar-refractivity contribution in [1.29, 1.82) is 0 Å². The number of hydrogen-bond acceptors (Lipinski definition) is 3. The highest BCUT2D eigenvalue weighted by Crippen LogP contribution is 2.31. The number of carbonyl (C=O) groups is 1. The van der Waals surface area contributed by atoms with Crippen LogP contribution in [0.1, 0.15) is 6.42 Å². The second kappa shape index (κ2) is 5.51. The lowest BCUT2D eigenvalue weighted by Gasteiger charge is -2.31. The molecule has 0 saturated carbocycles. The molecule has 0 spiro atoms. The Morgan fingerprint density at radius 1 is 1.53 bits per heavy atom. The van der Waals surface area contributed by atoms with Gasteiger partial charge in [0, 0.05) is 11.0 Å². The van der Waals surface area contributed by atoms with E-state index in [-0.39, 0.29) is 5.91 Å². The SMILES string of the molecule is CNCCCN1CC(=O)Nc2cc(Br)ccc21. The Labute approximate surface area is 110 Å². The molecular formula is C12H16BrN3O. The van der Waals surface area contributed by atoms with Gasteiger partial charge in [-0.05, 0) is 38.2 Å². The van der Waals surface area contributed by atoms with Crippen LogP contribution in [-0.2, 0) is 4.79 Å². The molecule has 1 amide bonds. The van der Waals surface area contributed by atoms with Gasteiger partial charge in [-0.2, -0.15) is 0 Å². The summed E-state index contributed by atoms with van der Waals surface area (Å²) in [6.07, 6.45) is 1.03. The number of anilines is 2. The average molecular weight is 298 g/mol. The highest BCUT2D eigenvalue weighted by Gasteiger charge is 2.21. The van der Waals surface area contributed by atoms with Gasteiger partial charge in [0.25, 0.3) is 0 Å². The predicted molar refractivity (Wildman–Crippen MR) is 73.5 cm³/mol. The standard InChI is InChI=1S/C12H16BrN3O/c1-14-5-2-6-16-8-12(17)15-10-7-9(13)3-4-11(10)16/h3-4,7,14H,2,5-6,8H2,1H3,(H,15,17). The van der Waals surface area contributed by atoms with Crippen LogP contribution >= 0.6 is 15.9 Å². The van der Waals surface area contributed by atoms with Gasteiger partial charge in [0.2, 0.25) is 5.91 Å². The first-order valence-corrected chi connectivity index (χ1v) is 6.49. The molecule has 92 valence electrons. The first-order chi connectivity index (χ1) is 8.20. The lowest BCUT2D eigenvalue weighted by Crippen LogP contribution is -2.39. The number of benzene rings is 1. The zero-order valence-electron chi connectivity index (χ0n) is 9.79. The van der Waals surface area contributed by atoms with Gasteiger partial charge in [0.15, 0.2) is 0 Å². The van der Waals surface area contributed by atoms with Crippen molar-refractivity contribution in [2.75, 3.05) is 36.9 Å². The van der Waals surface area contributed by atoms with Crippen LogP contribution in [0.25, 0.3) is 0 Å². The summed E-state index contributed by atoms with van der Waals surface area (Å²) >= 11 is 3.41. The van der Waals surface area contributed by atoms with Gasteiger partial charge in [0.05, 0.1) is 17.9 Å².